The Morgan fingerprint density at radius 2 is 1.72 bits per heavy atom. The summed E-state index contributed by atoms with van der Waals surface area (Å²) in [4.78, 5) is 15.9. The van der Waals surface area contributed by atoms with E-state index in [4.69, 9.17) is 42.8 Å². The van der Waals surface area contributed by atoms with Crippen molar-refractivity contribution in [2.24, 2.45) is 4.99 Å². The molecule has 0 aromatic heterocycles. The molecule has 3 atom stereocenters. The lowest BCUT2D eigenvalue weighted by molar-refractivity contribution is -0.143. The van der Waals surface area contributed by atoms with E-state index in [2.05, 4.69) is 5.32 Å². The van der Waals surface area contributed by atoms with Crippen molar-refractivity contribution in [3.05, 3.63) is 93.2 Å². The van der Waals surface area contributed by atoms with Gasteiger partial charge in [0.2, 0.25) is 0 Å². The maximum Gasteiger partial charge on any atom is 0.329 e. The zero-order valence-corrected chi connectivity index (χ0v) is 18.8. The van der Waals surface area contributed by atoms with Crippen molar-refractivity contribution in [3.8, 4) is 0 Å². The molecule has 0 radical (unpaired) electrons. The lowest BCUT2D eigenvalue weighted by atomic mass is 9.95. The summed E-state index contributed by atoms with van der Waals surface area (Å²) < 4.78 is 11.0. The van der Waals surface area contributed by atoms with E-state index in [9.17, 15) is 4.79 Å². The van der Waals surface area contributed by atoms with Gasteiger partial charge in [0.05, 0.1) is 25.0 Å². The molecule has 8 heteroatoms. The molecule has 2 aromatic carbocycles. The summed E-state index contributed by atoms with van der Waals surface area (Å²) in [5.74, 6) is 0.360. The predicted octanol–water partition coefficient (Wildman–Crippen LogP) is 5.11. The number of hydrogen-bond donors (Lipinski definition) is 2. The summed E-state index contributed by atoms with van der Waals surface area (Å²) in [5, 5.41) is 13.8. The Kier molecular flexibility index (Phi) is 6.84. The minimum absolute atomic E-state index is 0.121. The van der Waals surface area contributed by atoms with E-state index in [1.165, 1.54) is 0 Å². The first-order valence-corrected chi connectivity index (χ1v) is 10.8. The number of carboxylic acids is 1. The molecule has 0 bridgehead atoms. The largest absolute Gasteiger partial charge is 0.501 e. The van der Waals surface area contributed by atoms with Gasteiger partial charge in [-0.2, -0.15) is 0 Å². The Morgan fingerprint density at radius 3 is 2.31 bits per heavy atom. The van der Waals surface area contributed by atoms with E-state index >= 15 is 0 Å². The van der Waals surface area contributed by atoms with Crippen LogP contribution in [0.15, 0.2) is 77.0 Å². The molecule has 2 aliphatic rings. The minimum atomic E-state index is -1.02. The van der Waals surface area contributed by atoms with Gasteiger partial charge in [-0.25, -0.2) is 4.79 Å². The normalized spacial score (nSPS) is 22.5. The first-order valence-electron chi connectivity index (χ1n) is 10.1. The number of aliphatic imine (C=N–C) groups is 1. The van der Waals surface area contributed by atoms with Gasteiger partial charge in [0.15, 0.2) is 0 Å². The van der Waals surface area contributed by atoms with Crippen molar-refractivity contribution >= 4 is 35.0 Å². The second kappa shape index (κ2) is 9.77. The molecular weight excluding hydrogens is 451 g/mol. The van der Waals surface area contributed by atoms with Crippen LogP contribution in [0.5, 0.6) is 0 Å². The van der Waals surface area contributed by atoms with Crippen LogP contribution in [-0.4, -0.2) is 36.7 Å². The number of amidine groups is 1. The highest BCUT2D eigenvalue weighted by molar-refractivity contribution is 6.30. The Balaban J connectivity index is 1.68. The molecule has 1 aliphatic heterocycles. The lowest BCUT2D eigenvalue weighted by Crippen LogP contribution is -2.28. The van der Waals surface area contributed by atoms with Gasteiger partial charge in [0.25, 0.3) is 0 Å². The first-order chi connectivity index (χ1) is 15.4. The van der Waals surface area contributed by atoms with E-state index in [-0.39, 0.29) is 18.7 Å². The number of ether oxygens (including phenoxy) is 2. The second-order valence-electron chi connectivity index (χ2n) is 7.53. The van der Waals surface area contributed by atoms with Gasteiger partial charge in [-0.1, -0.05) is 47.5 Å². The number of carboxylic acid groups (broad SMARTS) is 1. The minimum Gasteiger partial charge on any atom is -0.501 e. The molecule has 1 unspecified atom stereocenters. The van der Waals surface area contributed by atoms with Crippen molar-refractivity contribution in [1.29, 1.82) is 0 Å². The average Bonchev–Trinajstić information content (AvgIpc) is 3.24. The van der Waals surface area contributed by atoms with Gasteiger partial charge in [-0.3, -0.25) is 4.99 Å². The van der Waals surface area contributed by atoms with E-state index in [0.29, 0.717) is 28.1 Å². The van der Waals surface area contributed by atoms with Crippen LogP contribution in [0.25, 0.3) is 0 Å². The van der Waals surface area contributed by atoms with Crippen molar-refractivity contribution in [2.45, 2.75) is 24.6 Å². The molecule has 0 saturated heterocycles. The number of methoxy groups -OCH3 is 1. The number of hydrogen-bond acceptors (Lipinski definition) is 5. The Bertz CT molecular complexity index is 1080. The zero-order valence-electron chi connectivity index (χ0n) is 17.3. The highest BCUT2D eigenvalue weighted by Gasteiger charge is 2.33. The van der Waals surface area contributed by atoms with E-state index in [1.54, 1.807) is 7.11 Å². The third-order valence-corrected chi connectivity index (χ3v) is 5.86. The van der Waals surface area contributed by atoms with Gasteiger partial charge >= 0.3 is 5.97 Å². The number of nitrogens with zero attached hydrogens (tertiary/aromatic N) is 1. The van der Waals surface area contributed by atoms with Crippen LogP contribution in [0.2, 0.25) is 10.0 Å². The molecule has 4 rings (SSSR count). The quantitative estimate of drug-likeness (QED) is 0.585. The van der Waals surface area contributed by atoms with Crippen LogP contribution in [0, 0.1) is 0 Å². The molecule has 2 N–H and O–H groups in total. The molecule has 0 fully saturated rings. The van der Waals surface area contributed by atoms with Gasteiger partial charge in [-0.15, -0.1) is 0 Å². The van der Waals surface area contributed by atoms with Crippen LogP contribution in [0.4, 0.5) is 0 Å². The topological polar surface area (TPSA) is 80.1 Å². The van der Waals surface area contributed by atoms with Gasteiger partial charge in [-0.05, 0) is 47.5 Å². The summed E-state index contributed by atoms with van der Waals surface area (Å²) >= 11 is 12.2. The molecule has 1 aliphatic carbocycles. The SMILES string of the molecule is COC1=CC(C2=N[C@H](c3ccc(Cl)cc3)[C@H](c3ccc(Cl)cc3)N2)=CC(OCC(=O)O)C1. The number of rotatable bonds is 7. The Labute approximate surface area is 196 Å². The van der Waals surface area contributed by atoms with Crippen molar-refractivity contribution in [3.63, 3.8) is 0 Å². The molecule has 32 heavy (non-hydrogen) atoms. The van der Waals surface area contributed by atoms with Crippen molar-refractivity contribution in [1.82, 2.24) is 5.32 Å². The third-order valence-electron chi connectivity index (χ3n) is 5.36. The maximum absolute atomic E-state index is 10.9. The summed E-state index contributed by atoms with van der Waals surface area (Å²) in [6, 6.07) is 15.0. The summed E-state index contributed by atoms with van der Waals surface area (Å²) in [5.41, 5.74) is 2.85. The second-order valence-corrected chi connectivity index (χ2v) is 8.40. The molecule has 1 heterocycles. The van der Waals surface area contributed by atoms with Crippen molar-refractivity contribution < 1.29 is 19.4 Å². The highest BCUT2D eigenvalue weighted by Crippen LogP contribution is 2.38. The van der Waals surface area contributed by atoms with E-state index < -0.39 is 12.1 Å². The molecular formula is C24H22Cl2N2O4. The van der Waals surface area contributed by atoms with Crippen LogP contribution in [0.3, 0.4) is 0 Å². The van der Waals surface area contributed by atoms with Gasteiger partial charge < -0.3 is 19.9 Å². The van der Waals surface area contributed by atoms with E-state index in [1.807, 2.05) is 60.7 Å². The standard InChI is InChI=1S/C24H22Cl2N2O4/c1-31-19-10-16(11-20(12-19)32-13-21(29)30)24-27-22(14-2-6-17(25)7-3-14)23(28-24)15-4-8-18(26)9-5-15/h2-11,20,22-23H,12-13H2,1H3,(H,27,28)(H,29,30)/t20?,22-,23+. The molecule has 0 amide bonds. The summed E-state index contributed by atoms with van der Waals surface area (Å²) in [6.07, 6.45) is 3.81. The number of carbonyl (C=O) groups is 1. The highest BCUT2D eigenvalue weighted by atomic mass is 35.5. The van der Waals surface area contributed by atoms with Crippen LogP contribution in [0.1, 0.15) is 29.6 Å². The fraction of sp³-hybridized carbons (Fsp3) is 0.250. The van der Waals surface area contributed by atoms with Gasteiger partial charge in [0, 0.05) is 22.0 Å². The van der Waals surface area contributed by atoms with Crippen LogP contribution >= 0.6 is 23.2 Å². The Morgan fingerprint density at radius 1 is 1.09 bits per heavy atom. The monoisotopic (exact) mass is 472 g/mol. The molecule has 0 spiro atoms. The fourth-order valence-electron chi connectivity index (χ4n) is 3.81. The van der Waals surface area contributed by atoms with Crippen LogP contribution < -0.4 is 5.32 Å². The fourth-order valence-corrected chi connectivity index (χ4v) is 4.06. The molecule has 166 valence electrons. The molecule has 6 nitrogen and oxygen atoms in total. The Hall–Kier alpha value is -2.80. The summed E-state index contributed by atoms with van der Waals surface area (Å²) in [7, 11) is 1.58. The maximum atomic E-state index is 10.9. The smallest absolute Gasteiger partial charge is 0.329 e. The molecule has 0 saturated carbocycles. The zero-order chi connectivity index (χ0) is 22.7. The van der Waals surface area contributed by atoms with Gasteiger partial charge in [0.1, 0.15) is 18.5 Å². The van der Waals surface area contributed by atoms with Crippen LogP contribution in [-0.2, 0) is 14.3 Å². The first kappa shape index (κ1) is 22.4. The average molecular weight is 473 g/mol. The molecule has 2 aromatic rings. The number of nitrogens with one attached hydrogen (secondary N) is 1. The summed E-state index contributed by atoms with van der Waals surface area (Å²) in [6.45, 7) is -0.383. The number of halogens is 2. The third kappa shape index (κ3) is 5.15. The van der Waals surface area contributed by atoms with E-state index in [0.717, 1.165) is 16.7 Å². The number of aliphatic carboxylic acids is 1. The van der Waals surface area contributed by atoms with Crippen molar-refractivity contribution in [2.75, 3.05) is 13.7 Å². The predicted molar refractivity (Wildman–Crippen MR) is 124 cm³/mol. The lowest BCUT2D eigenvalue weighted by Gasteiger charge is -2.22. The number of benzene rings is 2.